The number of halogens is 1. The highest BCUT2D eigenvalue weighted by Crippen LogP contribution is 2.17. The predicted octanol–water partition coefficient (Wildman–Crippen LogP) is 2.22. The second-order valence-corrected chi connectivity index (χ2v) is 5.96. The average molecular weight is 327 g/mol. The quantitative estimate of drug-likeness (QED) is 0.802. The van der Waals surface area contributed by atoms with Crippen LogP contribution in [0, 0.1) is 5.82 Å². The highest BCUT2D eigenvalue weighted by atomic mass is 19.1. The third-order valence-electron chi connectivity index (χ3n) is 2.96. The number of hydrogen-bond donors (Lipinski definition) is 2. The number of carbonyl (C=O) groups is 2. The Balaban J connectivity index is 2.70. The minimum Gasteiger partial charge on any atom is -0.494 e. The first-order valence-corrected chi connectivity index (χ1v) is 7.15. The maximum absolute atomic E-state index is 13.6. The van der Waals surface area contributed by atoms with Gasteiger partial charge in [-0.05, 0) is 39.0 Å². The van der Waals surface area contributed by atoms with Crippen molar-refractivity contribution in [2.24, 2.45) is 0 Å². The van der Waals surface area contributed by atoms with Crippen molar-refractivity contribution in [2.45, 2.75) is 38.8 Å². The number of carboxylic acid groups (broad SMARTS) is 1. The summed E-state index contributed by atoms with van der Waals surface area (Å²) < 4.78 is 23.8. The maximum Gasteiger partial charge on any atom is 0.326 e. The summed E-state index contributed by atoms with van der Waals surface area (Å²) in [6.07, 6.45) is 0.108. The summed E-state index contributed by atoms with van der Waals surface area (Å²) in [7, 11) is 1.31. The van der Waals surface area contributed by atoms with Gasteiger partial charge in [0.25, 0.3) is 5.91 Å². The van der Waals surface area contributed by atoms with E-state index in [1.807, 2.05) is 20.8 Å². The molecule has 0 saturated heterocycles. The molecule has 0 saturated carbocycles. The Morgan fingerprint density at radius 3 is 2.48 bits per heavy atom. The third-order valence-corrected chi connectivity index (χ3v) is 2.96. The molecule has 0 spiro atoms. The minimum atomic E-state index is -1.18. The molecular weight excluding hydrogens is 305 g/mol. The van der Waals surface area contributed by atoms with Crippen molar-refractivity contribution in [1.29, 1.82) is 0 Å². The fourth-order valence-corrected chi connectivity index (χ4v) is 1.79. The zero-order chi connectivity index (χ0) is 17.6. The predicted molar refractivity (Wildman–Crippen MR) is 82.2 cm³/mol. The van der Waals surface area contributed by atoms with E-state index in [2.05, 4.69) is 5.32 Å². The van der Waals surface area contributed by atoms with Gasteiger partial charge in [-0.1, -0.05) is 0 Å². The van der Waals surface area contributed by atoms with Crippen molar-refractivity contribution in [1.82, 2.24) is 5.32 Å². The van der Waals surface area contributed by atoms with Gasteiger partial charge in [-0.15, -0.1) is 0 Å². The van der Waals surface area contributed by atoms with Crippen LogP contribution >= 0.6 is 0 Å². The smallest absolute Gasteiger partial charge is 0.326 e. The van der Waals surface area contributed by atoms with Crippen LogP contribution in [0.1, 0.15) is 37.6 Å². The van der Waals surface area contributed by atoms with Crippen LogP contribution in [0.15, 0.2) is 18.2 Å². The number of carbonyl (C=O) groups excluding carboxylic acids is 1. The van der Waals surface area contributed by atoms with Crippen molar-refractivity contribution >= 4 is 11.9 Å². The van der Waals surface area contributed by atoms with Gasteiger partial charge in [0, 0.05) is 18.6 Å². The van der Waals surface area contributed by atoms with E-state index in [1.54, 1.807) is 0 Å². The second kappa shape index (κ2) is 7.92. The summed E-state index contributed by atoms with van der Waals surface area (Å²) in [5.74, 6) is -2.53. The highest BCUT2D eigenvalue weighted by Gasteiger charge is 2.22. The zero-order valence-electron chi connectivity index (χ0n) is 13.7. The molecule has 7 heteroatoms. The monoisotopic (exact) mass is 327 g/mol. The molecule has 0 aliphatic rings. The SMILES string of the molecule is COc1ccc(C(=O)NC(CCOC(C)(C)C)C(=O)O)cc1F. The largest absolute Gasteiger partial charge is 0.494 e. The van der Waals surface area contributed by atoms with Crippen molar-refractivity contribution in [3.8, 4) is 5.75 Å². The topological polar surface area (TPSA) is 84.9 Å². The number of rotatable bonds is 7. The van der Waals surface area contributed by atoms with Crippen molar-refractivity contribution < 1.29 is 28.6 Å². The maximum atomic E-state index is 13.6. The Hall–Kier alpha value is -2.15. The molecule has 1 atom stereocenters. The molecule has 0 aliphatic heterocycles. The van der Waals surface area contributed by atoms with Crippen LogP contribution in [0.2, 0.25) is 0 Å². The first-order chi connectivity index (χ1) is 10.6. The molecule has 0 radical (unpaired) electrons. The molecule has 0 bridgehead atoms. The molecule has 0 aromatic heterocycles. The summed E-state index contributed by atoms with van der Waals surface area (Å²) in [4.78, 5) is 23.3. The minimum absolute atomic E-state index is 0.00918. The second-order valence-electron chi connectivity index (χ2n) is 5.96. The average Bonchev–Trinajstić information content (AvgIpc) is 2.44. The van der Waals surface area contributed by atoms with Gasteiger partial charge in [0.15, 0.2) is 11.6 Å². The number of carboxylic acids is 1. The van der Waals surface area contributed by atoms with Crippen molar-refractivity contribution in [2.75, 3.05) is 13.7 Å². The van der Waals surface area contributed by atoms with Crippen LogP contribution in [-0.2, 0) is 9.53 Å². The Bertz CT molecular complexity index is 568. The van der Waals surface area contributed by atoms with Gasteiger partial charge in [-0.2, -0.15) is 0 Å². The van der Waals surface area contributed by atoms with Gasteiger partial charge in [-0.25, -0.2) is 9.18 Å². The van der Waals surface area contributed by atoms with E-state index >= 15 is 0 Å². The molecule has 1 rings (SSSR count). The van der Waals surface area contributed by atoms with E-state index in [4.69, 9.17) is 9.47 Å². The van der Waals surface area contributed by atoms with E-state index < -0.39 is 29.3 Å². The molecule has 1 amide bonds. The molecule has 1 unspecified atom stereocenters. The zero-order valence-corrected chi connectivity index (χ0v) is 13.7. The fraction of sp³-hybridized carbons (Fsp3) is 0.500. The summed E-state index contributed by atoms with van der Waals surface area (Å²) in [6, 6.07) is 2.55. The van der Waals surface area contributed by atoms with Gasteiger partial charge >= 0.3 is 5.97 Å². The van der Waals surface area contributed by atoms with Gasteiger partial charge in [0.05, 0.1) is 12.7 Å². The normalized spacial score (nSPS) is 12.6. The molecule has 1 aromatic carbocycles. The first kappa shape index (κ1) is 18.9. The van der Waals surface area contributed by atoms with Gasteiger partial charge in [0.2, 0.25) is 0 Å². The fourth-order valence-electron chi connectivity index (χ4n) is 1.79. The van der Waals surface area contributed by atoms with E-state index in [0.717, 1.165) is 6.07 Å². The number of aliphatic carboxylic acids is 1. The van der Waals surface area contributed by atoms with E-state index in [1.165, 1.54) is 19.2 Å². The van der Waals surface area contributed by atoms with Gasteiger partial charge in [-0.3, -0.25) is 4.79 Å². The van der Waals surface area contributed by atoms with Crippen LogP contribution in [0.4, 0.5) is 4.39 Å². The van der Waals surface area contributed by atoms with Crippen LogP contribution in [0.25, 0.3) is 0 Å². The summed E-state index contributed by atoms with van der Waals surface area (Å²) in [5.41, 5.74) is -0.377. The van der Waals surface area contributed by atoms with Gasteiger partial charge in [0.1, 0.15) is 6.04 Å². The number of ether oxygens (including phenoxy) is 2. The van der Waals surface area contributed by atoms with Crippen LogP contribution < -0.4 is 10.1 Å². The lowest BCUT2D eigenvalue weighted by atomic mass is 10.1. The Morgan fingerprint density at radius 2 is 2.00 bits per heavy atom. The molecule has 2 N–H and O–H groups in total. The number of amides is 1. The van der Waals surface area contributed by atoms with E-state index in [9.17, 15) is 19.1 Å². The Morgan fingerprint density at radius 1 is 1.35 bits per heavy atom. The molecular formula is C16H22FNO5. The summed E-state index contributed by atoms with van der Waals surface area (Å²) >= 11 is 0. The summed E-state index contributed by atoms with van der Waals surface area (Å²) in [5, 5.41) is 11.5. The molecule has 0 aliphatic carbocycles. The lowest BCUT2D eigenvalue weighted by Crippen LogP contribution is -2.42. The number of nitrogens with one attached hydrogen (secondary N) is 1. The number of benzene rings is 1. The van der Waals surface area contributed by atoms with Crippen molar-refractivity contribution in [3.63, 3.8) is 0 Å². The molecule has 6 nitrogen and oxygen atoms in total. The highest BCUT2D eigenvalue weighted by molar-refractivity contribution is 5.96. The number of hydrogen-bond acceptors (Lipinski definition) is 4. The van der Waals surface area contributed by atoms with Gasteiger partial charge < -0.3 is 19.9 Å². The standard InChI is InChI=1S/C16H22FNO5/c1-16(2,3)23-8-7-12(15(20)21)18-14(19)10-5-6-13(22-4)11(17)9-10/h5-6,9,12H,7-8H2,1-4H3,(H,18,19)(H,20,21). The Labute approximate surface area is 134 Å². The molecule has 128 valence electrons. The van der Waals surface area contributed by atoms with Crippen LogP contribution in [0.5, 0.6) is 5.75 Å². The van der Waals surface area contributed by atoms with E-state index in [0.29, 0.717) is 0 Å². The lowest BCUT2D eigenvalue weighted by Gasteiger charge is -2.21. The molecule has 23 heavy (non-hydrogen) atoms. The molecule has 0 fully saturated rings. The van der Waals surface area contributed by atoms with Crippen LogP contribution in [0.3, 0.4) is 0 Å². The molecule has 0 heterocycles. The van der Waals surface area contributed by atoms with Crippen molar-refractivity contribution in [3.05, 3.63) is 29.6 Å². The first-order valence-electron chi connectivity index (χ1n) is 7.15. The Kier molecular flexibility index (Phi) is 6.50. The van der Waals surface area contributed by atoms with E-state index in [-0.39, 0.29) is 24.3 Å². The molecule has 1 aromatic rings. The van der Waals surface area contributed by atoms with Crippen LogP contribution in [-0.4, -0.2) is 42.3 Å². The number of methoxy groups -OCH3 is 1. The summed E-state index contributed by atoms with van der Waals surface area (Å²) in [6.45, 7) is 5.72. The lowest BCUT2D eigenvalue weighted by molar-refractivity contribution is -0.140. The third kappa shape index (κ3) is 6.23.